The highest BCUT2D eigenvalue weighted by atomic mass is 19.1. The molecule has 0 aliphatic heterocycles. The number of carbonyl (C=O) groups is 2. The second-order valence-electron chi connectivity index (χ2n) is 9.52. The average Bonchev–Trinajstić information content (AvgIpc) is 2.85. The van der Waals surface area contributed by atoms with Crippen LogP contribution in [0.1, 0.15) is 52.5 Å². The molecule has 9 nitrogen and oxygen atoms in total. The van der Waals surface area contributed by atoms with Gasteiger partial charge in [-0.15, -0.1) is 0 Å². The largest absolute Gasteiger partial charge is 0.444 e. The predicted molar refractivity (Wildman–Crippen MR) is 143 cm³/mol. The van der Waals surface area contributed by atoms with Crippen molar-refractivity contribution in [2.24, 2.45) is 0 Å². The molecule has 2 rings (SSSR count). The molecule has 2 aromatic rings. The molecule has 1 heterocycles. The number of ether oxygens (including phenoxy) is 1. The van der Waals surface area contributed by atoms with E-state index < -0.39 is 24.4 Å². The van der Waals surface area contributed by atoms with Crippen LogP contribution in [0.4, 0.5) is 31.0 Å². The smallest absolute Gasteiger partial charge is 0.410 e. The van der Waals surface area contributed by atoms with Crippen LogP contribution in [-0.2, 0) is 9.53 Å². The van der Waals surface area contributed by atoms with Gasteiger partial charge in [-0.2, -0.15) is 4.98 Å². The quantitative estimate of drug-likeness (QED) is 0.287. The predicted octanol–water partition coefficient (Wildman–Crippen LogP) is 4.63. The molecule has 0 bridgehead atoms. The van der Waals surface area contributed by atoms with Crippen LogP contribution in [0.2, 0.25) is 0 Å². The van der Waals surface area contributed by atoms with E-state index in [4.69, 9.17) is 4.74 Å². The first-order chi connectivity index (χ1) is 18.0. The summed E-state index contributed by atoms with van der Waals surface area (Å²) in [7, 11) is 1.52. The topological polar surface area (TPSA) is 108 Å². The van der Waals surface area contributed by atoms with Gasteiger partial charge in [0.15, 0.2) is 0 Å². The Labute approximate surface area is 222 Å². The number of amides is 2. The van der Waals surface area contributed by atoms with Gasteiger partial charge in [-0.25, -0.2) is 14.2 Å². The van der Waals surface area contributed by atoms with Gasteiger partial charge in [0.2, 0.25) is 11.9 Å². The van der Waals surface area contributed by atoms with Gasteiger partial charge in [0.25, 0.3) is 0 Å². The van der Waals surface area contributed by atoms with Crippen molar-refractivity contribution in [2.75, 3.05) is 37.4 Å². The summed E-state index contributed by atoms with van der Waals surface area (Å²) in [5, 5.41) is 8.79. The molecule has 0 radical (unpaired) electrons. The van der Waals surface area contributed by atoms with Crippen molar-refractivity contribution in [2.45, 2.75) is 58.6 Å². The number of halogens is 2. The number of hydrogen-bond acceptors (Lipinski definition) is 7. The molecule has 0 spiro atoms. The number of likely N-dealkylation sites (N-methyl/N-ethyl adjacent to an activating group) is 1. The summed E-state index contributed by atoms with van der Waals surface area (Å²) >= 11 is 0. The van der Waals surface area contributed by atoms with Gasteiger partial charge in [-0.1, -0.05) is 17.9 Å². The Morgan fingerprint density at radius 2 is 1.97 bits per heavy atom. The zero-order chi connectivity index (χ0) is 28.1. The summed E-state index contributed by atoms with van der Waals surface area (Å²) < 4.78 is 31.3. The lowest BCUT2D eigenvalue weighted by Gasteiger charge is -2.28. The molecule has 0 aliphatic carbocycles. The molecule has 0 aliphatic rings. The first kappa shape index (κ1) is 30.3. The summed E-state index contributed by atoms with van der Waals surface area (Å²) in [6.45, 7) is 7.20. The van der Waals surface area contributed by atoms with Gasteiger partial charge in [-0.3, -0.25) is 14.1 Å². The van der Waals surface area contributed by atoms with Crippen molar-refractivity contribution in [3.63, 3.8) is 0 Å². The number of nitrogens with zero attached hydrogens (tertiary/aromatic N) is 3. The fourth-order valence-corrected chi connectivity index (χ4v) is 3.00. The number of aromatic nitrogens is 2. The molecule has 0 unspecified atom stereocenters. The minimum Gasteiger partial charge on any atom is -0.444 e. The number of unbranched alkanes of at least 4 members (excludes halogenated alkanes) is 1. The highest BCUT2D eigenvalue weighted by Crippen LogP contribution is 2.18. The third kappa shape index (κ3) is 10.6. The van der Waals surface area contributed by atoms with E-state index in [1.165, 1.54) is 30.3 Å². The van der Waals surface area contributed by atoms with Gasteiger partial charge < -0.3 is 20.7 Å². The standard InChI is InChI=1S/C27H36F2N6O3/c1-19(35(5)26(37)38-27(2,3)4)24(36)31-15-8-6-7-11-20-18-32-25(34-23(20)30-16-10-14-28)33-22-13-9-12-21(29)17-22/h9,12-13,17-19H,6,8,10,14-16H2,1-5H3,(H,31,36)(H2,30,32,33,34)/t19-/m0/s1. The Hall–Kier alpha value is -3.94. The number of alkyl halides is 1. The summed E-state index contributed by atoms with van der Waals surface area (Å²) in [5.41, 5.74) is 0.379. The maximum Gasteiger partial charge on any atom is 0.410 e. The van der Waals surface area contributed by atoms with E-state index in [0.29, 0.717) is 49.4 Å². The Morgan fingerprint density at radius 3 is 2.66 bits per heavy atom. The van der Waals surface area contributed by atoms with Crippen molar-refractivity contribution < 1.29 is 23.1 Å². The maximum absolute atomic E-state index is 13.5. The van der Waals surface area contributed by atoms with Crippen LogP contribution < -0.4 is 16.0 Å². The first-order valence-corrected chi connectivity index (χ1v) is 12.4. The molecule has 1 aromatic carbocycles. The second kappa shape index (κ2) is 14.7. The molecule has 0 fully saturated rings. The molecular weight excluding hydrogens is 494 g/mol. The van der Waals surface area contributed by atoms with Gasteiger partial charge in [0, 0.05) is 32.2 Å². The third-order valence-electron chi connectivity index (χ3n) is 5.12. The van der Waals surface area contributed by atoms with E-state index in [1.54, 1.807) is 39.8 Å². The van der Waals surface area contributed by atoms with E-state index in [1.807, 2.05) is 0 Å². The maximum atomic E-state index is 13.5. The fraction of sp³-hybridized carbons (Fsp3) is 0.481. The molecule has 0 saturated heterocycles. The highest BCUT2D eigenvalue weighted by molar-refractivity contribution is 5.85. The van der Waals surface area contributed by atoms with Gasteiger partial charge in [0.1, 0.15) is 23.3 Å². The van der Waals surface area contributed by atoms with E-state index in [-0.39, 0.29) is 17.7 Å². The lowest BCUT2D eigenvalue weighted by atomic mass is 10.2. The second-order valence-corrected chi connectivity index (χ2v) is 9.52. The average molecular weight is 531 g/mol. The van der Waals surface area contributed by atoms with Crippen molar-refractivity contribution >= 4 is 29.5 Å². The van der Waals surface area contributed by atoms with E-state index in [0.717, 1.165) is 0 Å². The normalized spacial score (nSPS) is 11.6. The minimum atomic E-state index is -0.689. The Bertz CT molecular complexity index is 1140. The molecular formula is C27H36F2N6O3. The van der Waals surface area contributed by atoms with E-state index >= 15 is 0 Å². The van der Waals surface area contributed by atoms with E-state index in [2.05, 4.69) is 37.8 Å². The Balaban J connectivity index is 1.91. The summed E-state index contributed by atoms with van der Waals surface area (Å²) in [5.74, 6) is 6.04. The monoisotopic (exact) mass is 530 g/mol. The molecule has 2 amide bonds. The highest BCUT2D eigenvalue weighted by Gasteiger charge is 2.26. The van der Waals surface area contributed by atoms with Crippen LogP contribution in [0.3, 0.4) is 0 Å². The van der Waals surface area contributed by atoms with Crippen LogP contribution in [0.5, 0.6) is 0 Å². The number of rotatable bonds is 11. The van der Waals surface area contributed by atoms with Crippen LogP contribution in [-0.4, -0.2) is 65.3 Å². The number of carbonyl (C=O) groups excluding carboxylic acids is 2. The van der Waals surface area contributed by atoms with Gasteiger partial charge in [0.05, 0.1) is 18.4 Å². The first-order valence-electron chi connectivity index (χ1n) is 12.4. The number of anilines is 3. The molecule has 206 valence electrons. The lowest BCUT2D eigenvalue weighted by molar-refractivity contribution is -0.125. The summed E-state index contributed by atoms with van der Waals surface area (Å²) in [6.07, 6.45) is 2.36. The SMILES string of the molecule is C[C@@H](C(=O)NCCCC#Cc1cnc(Nc2cccc(F)c2)nc1NCCCF)N(C)C(=O)OC(C)(C)C. The number of benzene rings is 1. The Morgan fingerprint density at radius 1 is 1.21 bits per heavy atom. The zero-order valence-electron chi connectivity index (χ0n) is 22.5. The van der Waals surface area contributed by atoms with Crippen LogP contribution in [0.25, 0.3) is 0 Å². The van der Waals surface area contributed by atoms with Crippen LogP contribution in [0, 0.1) is 17.7 Å². The molecule has 1 atom stereocenters. The Kier molecular flexibility index (Phi) is 11.7. The molecule has 11 heteroatoms. The number of nitrogens with one attached hydrogen (secondary N) is 3. The molecule has 1 aromatic heterocycles. The van der Waals surface area contributed by atoms with Crippen molar-refractivity contribution in [1.29, 1.82) is 0 Å². The van der Waals surface area contributed by atoms with Crippen molar-refractivity contribution in [3.8, 4) is 11.8 Å². The minimum absolute atomic E-state index is 0.247. The zero-order valence-corrected chi connectivity index (χ0v) is 22.5. The van der Waals surface area contributed by atoms with Crippen molar-refractivity contribution in [1.82, 2.24) is 20.2 Å². The van der Waals surface area contributed by atoms with Crippen LogP contribution >= 0.6 is 0 Å². The lowest BCUT2D eigenvalue weighted by Crippen LogP contribution is -2.47. The summed E-state index contributed by atoms with van der Waals surface area (Å²) in [6, 6.07) is 5.22. The third-order valence-corrected chi connectivity index (χ3v) is 5.12. The van der Waals surface area contributed by atoms with Gasteiger partial charge in [-0.05, 0) is 58.7 Å². The summed E-state index contributed by atoms with van der Waals surface area (Å²) in [4.78, 5) is 34.4. The van der Waals surface area contributed by atoms with Crippen LogP contribution in [0.15, 0.2) is 30.5 Å². The molecule has 38 heavy (non-hydrogen) atoms. The van der Waals surface area contributed by atoms with E-state index in [9.17, 15) is 18.4 Å². The van der Waals surface area contributed by atoms with Crippen molar-refractivity contribution in [3.05, 3.63) is 41.8 Å². The van der Waals surface area contributed by atoms with Gasteiger partial charge >= 0.3 is 6.09 Å². The fourth-order valence-electron chi connectivity index (χ4n) is 3.00. The number of hydrogen-bond donors (Lipinski definition) is 3. The molecule has 3 N–H and O–H groups in total. The molecule has 0 saturated carbocycles.